The zero-order valence-electron chi connectivity index (χ0n) is 16.3. The molecule has 2 aromatic rings. The Bertz CT molecular complexity index is 1050. The van der Waals surface area contributed by atoms with Crippen LogP contribution < -0.4 is 5.48 Å². The smallest absolute Gasteiger partial charge is 0.288 e. The maximum atomic E-state index is 13.1. The Morgan fingerprint density at radius 1 is 1.13 bits per heavy atom. The van der Waals surface area contributed by atoms with Gasteiger partial charge in [-0.1, -0.05) is 18.2 Å². The van der Waals surface area contributed by atoms with Crippen LogP contribution in [0.25, 0.3) is 0 Å². The summed E-state index contributed by atoms with van der Waals surface area (Å²) in [4.78, 5) is 11.8. The number of nitrogens with one attached hydrogen (secondary N) is 1. The summed E-state index contributed by atoms with van der Waals surface area (Å²) in [5, 5.41) is 8.95. The highest BCUT2D eigenvalue weighted by Gasteiger charge is 2.33. The first-order valence-corrected chi connectivity index (χ1v) is 11.4. The van der Waals surface area contributed by atoms with Crippen LogP contribution in [0.4, 0.5) is 13.2 Å². The number of hydrogen-bond donors (Lipinski definition) is 3. The maximum absolute atomic E-state index is 13.1. The Morgan fingerprint density at radius 3 is 2.29 bits per heavy atom. The molecular weight excluding hydrogens is 453 g/mol. The number of alkyl halides is 3. The predicted octanol–water partition coefficient (Wildman–Crippen LogP) is 3.76. The molecule has 1 fully saturated rings. The van der Waals surface area contributed by atoms with E-state index in [9.17, 15) is 26.4 Å². The summed E-state index contributed by atoms with van der Waals surface area (Å²) in [5.41, 5.74) is 1.27. The summed E-state index contributed by atoms with van der Waals surface area (Å²) in [7, 11) is -4.00. The molecule has 0 unspecified atom stereocenters. The van der Waals surface area contributed by atoms with Crippen molar-refractivity contribution in [3.63, 3.8) is 0 Å². The van der Waals surface area contributed by atoms with E-state index in [0.717, 1.165) is 17.7 Å². The molecule has 1 saturated heterocycles. The fourth-order valence-electron chi connectivity index (χ4n) is 3.67. The minimum Gasteiger partial charge on any atom is -0.288 e. The molecule has 0 radical (unpaired) electrons. The van der Waals surface area contributed by atoms with E-state index in [1.54, 1.807) is 0 Å². The average molecular weight is 475 g/mol. The Morgan fingerprint density at radius 2 is 1.74 bits per heavy atom. The lowest BCUT2D eigenvalue weighted by atomic mass is 9.91. The molecule has 1 heterocycles. The van der Waals surface area contributed by atoms with Crippen molar-refractivity contribution < 1.29 is 31.6 Å². The van der Waals surface area contributed by atoms with E-state index >= 15 is 0 Å². The maximum Gasteiger partial charge on any atom is 0.416 e. The van der Waals surface area contributed by atoms with Crippen LogP contribution in [0.1, 0.15) is 34.3 Å². The summed E-state index contributed by atoms with van der Waals surface area (Å²) < 4.78 is 65.6. The predicted molar refractivity (Wildman–Crippen MR) is 110 cm³/mol. The number of carbonyl (C=O) groups is 1. The van der Waals surface area contributed by atoms with E-state index in [1.807, 2.05) is 0 Å². The molecule has 1 aliphatic heterocycles. The molecule has 2 N–H and O–H groups in total. The van der Waals surface area contributed by atoms with Crippen molar-refractivity contribution in [2.45, 2.75) is 35.2 Å². The third-order valence-electron chi connectivity index (χ3n) is 5.33. The Kier molecular flexibility index (Phi) is 6.99. The van der Waals surface area contributed by atoms with Gasteiger partial charge in [0.15, 0.2) is 0 Å². The molecule has 6 nitrogen and oxygen atoms in total. The van der Waals surface area contributed by atoms with Crippen LogP contribution in [-0.4, -0.2) is 36.9 Å². The van der Waals surface area contributed by atoms with Gasteiger partial charge in [-0.25, -0.2) is 13.9 Å². The van der Waals surface area contributed by atoms with Gasteiger partial charge in [0.2, 0.25) is 10.0 Å². The molecule has 2 aromatic carbocycles. The van der Waals surface area contributed by atoms with Gasteiger partial charge in [-0.05, 0) is 55.0 Å². The highest BCUT2D eigenvalue weighted by Crippen LogP contribution is 2.32. The summed E-state index contributed by atoms with van der Waals surface area (Å²) in [6.07, 6.45) is -2.77. The molecule has 3 rings (SSSR count). The molecule has 11 heteroatoms. The van der Waals surface area contributed by atoms with Crippen molar-refractivity contribution >= 4 is 28.6 Å². The molecule has 31 heavy (non-hydrogen) atoms. The lowest BCUT2D eigenvalue weighted by Gasteiger charge is -2.31. The number of benzene rings is 2. The molecule has 168 valence electrons. The van der Waals surface area contributed by atoms with E-state index in [2.05, 4.69) is 12.6 Å². The van der Waals surface area contributed by atoms with E-state index in [1.165, 1.54) is 40.1 Å². The topological polar surface area (TPSA) is 86.7 Å². The standard InChI is InChI=1S/C20H21F3N2O4S2/c21-20(22,23)15-6-4-13(5-7-15)12-14-8-10-25(11-9-14)31(28,29)17-3-1-2-16(30)18(17)19(26)24-27/h1-7,14,27,30H,8-12H2,(H,24,26). The van der Waals surface area contributed by atoms with E-state index in [0.29, 0.717) is 19.3 Å². The second-order valence-electron chi connectivity index (χ2n) is 7.34. The van der Waals surface area contributed by atoms with Gasteiger partial charge < -0.3 is 0 Å². The summed E-state index contributed by atoms with van der Waals surface area (Å²) >= 11 is 4.13. The lowest BCUT2D eigenvalue weighted by Crippen LogP contribution is -2.39. The Labute approximate surface area is 183 Å². The van der Waals surface area contributed by atoms with E-state index in [-0.39, 0.29) is 34.4 Å². The average Bonchev–Trinajstić information content (AvgIpc) is 2.73. The molecular formula is C20H21F3N2O4S2. The van der Waals surface area contributed by atoms with Gasteiger partial charge in [-0.2, -0.15) is 17.5 Å². The molecule has 0 aromatic heterocycles. The quantitative estimate of drug-likeness (QED) is 0.350. The third kappa shape index (κ3) is 5.22. The highest BCUT2D eigenvalue weighted by atomic mass is 32.2. The van der Waals surface area contributed by atoms with Crippen LogP contribution in [0, 0.1) is 5.92 Å². The number of sulfonamides is 1. The zero-order chi connectivity index (χ0) is 22.8. The number of halogens is 3. The third-order valence-corrected chi connectivity index (χ3v) is 7.64. The molecule has 1 amide bonds. The fraction of sp³-hybridized carbons (Fsp3) is 0.350. The van der Waals surface area contributed by atoms with Gasteiger partial charge in [-0.15, -0.1) is 12.6 Å². The second kappa shape index (κ2) is 9.19. The van der Waals surface area contributed by atoms with Crippen LogP contribution in [0.3, 0.4) is 0 Å². The van der Waals surface area contributed by atoms with Gasteiger partial charge in [0.05, 0.1) is 16.0 Å². The number of amides is 1. The van der Waals surface area contributed by atoms with Crippen molar-refractivity contribution in [1.29, 1.82) is 0 Å². The van der Waals surface area contributed by atoms with Crippen LogP contribution in [-0.2, 0) is 22.6 Å². The van der Waals surface area contributed by atoms with Gasteiger partial charge in [0, 0.05) is 18.0 Å². The Balaban J connectivity index is 1.70. The highest BCUT2D eigenvalue weighted by molar-refractivity contribution is 7.89. The van der Waals surface area contributed by atoms with E-state index in [4.69, 9.17) is 5.21 Å². The van der Waals surface area contributed by atoms with Gasteiger partial charge in [0.25, 0.3) is 5.91 Å². The number of nitrogens with zero attached hydrogens (tertiary/aromatic N) is 1. The summed E-state index contributed by atoms with van der Waals surface area (Å²) in [6, 6.07) is 9.19. The monoisotopic (exact) mass is 474 g/mol. The second-order valence-corrected chi connectivity index (χ2v) is 9.73. The fourth-order valence-corrected chi connectivity index (χ4v) is 5.74. The van der Waals surface area contributed by atoms with Crippen LogP contribution in [0.5, 0.6) is 0 Å². The van der Waals surface area contributed by atoms with Crippen molar-refractivity contribution in [2.75, 3.05) is 13.1 Å². The van der Waals surface area contributed by atoms with Gasteiger partial charge >= 0.3 is 6.18 Å². The molecule has 0 saturated carbocycles. The SMILES string of the molecule is O=C(NO)c1c(S)cccc1S(=O)(=O)N1CCC(Cc2ccc(C(F)(F)F)cc2)CC1. The lowest BCUT2D eigenvalue weighted by molar-refractivity contribution is -0.137. The summed E-state index contributed by atoms with van der Waals surface area (Å²) in [5.74, 6) is -0.846. The molecule has 1 aliphatic rings. The molecule has 0 aliphatic carbocycles. The van der Waals surface area contributed by atoms with Crippen molar-refractivity contribution in [3.05, 3.63) is 59.2 Å². The number of piperidine rings is 1. The first kappa shape index (κ1) is 23.6. The van der Waals surface area contributed by atoms with Crippen LogP contribution >= 0.6 is 12.6 Å². The van der Waals surface area contributed by atoms with E-state index < -0.39 is 27.7 Å². The van der Waals surface area contributed by atoms with Crippen LogP contribution in [0.2, 0.25) is 0 Å². The summed E-state index contributed by atoms with van der Waals surface area (Å²) in [6.45, 7) is 0.426. The largest absolute Gasteiger partial charge is 0.416 e. The molecule has 0 spiro atoms. The number of hydroxylamine groups is 1. The Hall–Kier alpha value is -2.08. The first-order chi connectivity index (χ1) is 14.5. The number of rotatable bonds is 5. The van der Waals surface area contributed by atoms with Crippen molar-refractivity contribution in [3.8, 4) is 0 Å². The minimum atomic E-state index is -4.38. The molecule has 0 bridgehead atoms. The number of thiol groups is 1. The van der Waals surface area contributed by atoms with Gasteiger partial charge in [0.1, 0.15) is 0 Å². The van der Waals surface area contributed by atoms with Gasteiger partial charge in [-0.3, -0.25) is 10.0 Å². The number of hydrogen-bond acceptors (Lipinski definition) is 5. The van der Waals surface area contributed by atoms with Crippen LogP contribution in [0.15, 0.2) is 52.3 Å². The zero-order valence-corrected chi connectivity index (χ0v) is 18.0. The van der Waals surface area contributed by atoms with Crippen molar-refractivity contribution in [1.82, 2.24) is 9.79 Å². The molecule has 0 atom stereocenters. The number of carbonyl (C=O) groups excluding carboxylic acids is 1. The minimum absolute atomic E-state index is 0.116. The first-order valence-electron chi connectivity index (χ1n) is 9.46. The normalized spacial score (nSPS) is 16.3. The van der Waals surface area contributed by atoms with Crippen molar-refractivity contribution in [2.24, 2.45) is 5.92 Å².